The highest BCUT2D eigenvalue weighted by atomic mass is 32.2. The molecule has 1 amide bonds. The minimum Gasteiger partial charge on any atom is -0.435 e. The maximum Gasteiger partial charge on any atom is 0.387 e. The number of carbonyl (C=O) groups excluding carboxylic acids is 1. The Morgan fingerprint density at radius 2 is 2.14 bits per heavy atom. The summed E-state index contributed by atoms with van der Waals surface area (Å²) in [4.78, 5) is 15.5. The van der Waals surface area contributed by atoms with Gasteiger partial charge < -0.3 is 10.1 Å². The number of rotatable bonds is 8. The van der Waals surface area contributed by atoms with Crippen molar-refractivity contribution in [3.05, 3.63) is 36.2 Å². The first kappa shape index (κ1) is 16.2. The maximum atomic E-state index is 12.0. The first-order valence-electron chi connectivity index (χ1n) is 6.42. The molecule has 118 valence electrons. The standard InChI is InChI=1S/C13H14F2N4O2S/c14-12(15)21-10-3-1-9(2-4-10)5-6-16-11(20)7-22-13-17-8-18-19-13/h1-4,8,12H,5-7H2,(H,16,20)(H,17,18,19). The second-order valence-corrected chi connectivity index (χ2v) is 5.17. The molecule has 6 nitrogen and oxygen atoms in total. The molecule has 0 bridgehead atoms. The Morgan fingerprint density at radius 1 is 1.36 bits per heavy atom. The van der Waals surface area contributed by atoms with Crippen molar-refractivity contribution in [1.82, 2.24) is 20.5 Å². The Hall–Kier alpha value is -2.16. The SMILES string of the molecule is O=C(CSc1ncn[nH]1)NCCc1ccc(OC(F)F)cc1. The number of halogens is 2. The van der Waals surface area contributed by atoms with E-state index < -0.39 is 6.61 Å². The molecular weight excluding hydrogens is 314 g/mol. The summed E-state index contributed by atoms with van der Waals surface area (Å²) in [6.07, 6.45) is 1.98. The summed E-state index contributed by atoms with van der Waals surface area (Å²) in [5, 5.41) is 9.69. The van der Waals surface area contributed by atoms with Gasteiger partial charge in [0.2, 0.25) is 5.91 Å². The number of H-pyrrole nitrogens is 1. The summed E-state index contributed by atoms with van der Waals surface area (Å²) in [5.41, 5.74) is 0.921. The molecule has 22 heavy (non-hydrogen) atoms. The number of aromatic amines is 1. The first-order chi connectivity index (χ1) is 10.6. The fourth-order valence-electron chi connectivity index (χ4n) is 1.63. The lowest BCUT2D eigenvalue weighted by molar-refractivity contribution is -0.118. The van der Waals surface area contributed by atoms with Gasteiger partial charge in [-0.1, -0.05) is 23.9 Å². The minimum atomic E-state index is -2.83. The highest BCUT2D eigenvalue weighted by molar-refractivity contribution is 7.99. The van der Waals surface area contributed by atoms with Gasteiger partial charge in [0.15, 0.2) is 5.16 Å². The van der Waals surface area contributed by atoms with Gasteiger partial charge in [0.05, 0.1) is 5.75 Å². The topological polar surface area (TPSA) is 79.9 Å². The molecule has 1 aromatic carbocycles. The van der Waals surface area contributed by atoms with Crippen LogP contribution in [0.25, 0.3) is 0 Å². The molecule has 1 heterocycles. The zero-order valence-electron chi connectivity index (χ0n) is 11.5. The van der Waals surface area contributed by atoms with Gasteiger partial charge in [0, 0.05) is 6.54 Å². The van der Waals surface area contributed by atoms with Gasteiger partial charge in [-0.3, -0.25) is 9.89 Å². The molecule has 0 spiro atoms. The van der Waals surface area contributed by atoms with Gasteiger partial charge in [0.1, 0.15) is 12.1 Å². The predicted molar refractivity (Wildman–Crippen MR) is 76.9 cm³/mol. The van der Waals surface area contributed by atoms with E-state index in [0.717, 1.165) is 5.56 Å². The normalized spacial score (nSPS) is 10.7. The van der Waals surface area contributed by atoms with Crippen molar-refractivity contribution in [3.63, 3.8) is 0 Å². The third-order valence-electron chi connectivity index (χ3n) is 2.62. The van der Waals surface area contributed by atoms with Gasteiger partial charge in [-0.2, -0.15) is 13.9 Å². The predicted octanol–water partition coefficient (Wildman–Crippen LogP) is 1.86. The lowest BCUT2D eigenvalue weighted by Gasteiger charge is -2.07. The van der Waals surface area contributed by atoms with E-state index in [0.29, 0.717) is 18.1 Å². The molecule has 9 heteroatoms. The zero-order chi connectivity index (χ0) is 15.8. The molecule has 0 aliphatic heterocycles. The number of hydrogen-bond acceptors (Lipinski definition) is 5. The average molecular weight is 328 g/mol. The van der Waals surface area contributed by atoms with Gasteiger partial charge >= 0.3 is 6.61 Å². The molecule has 2 aromatic rings. The summed E-state index contributed by atoms with van der Waals surface area (Å²) < 4.78 is 28.3. The Bertz CT molecular complexity index is 578. The fraction of sp³-hybridized carbons (Fsp3) is 0.308. The molecule has 2 rings (SSSR count). The number of alkyl halides is 2. The number of nitrogens with one attached hydrogen (secondary N) is 2. The Kier molecular flexibility index (Phi) is 6.13. The van der Waals surface area contributed by atoms with Crippen LogP contribution in [0.4, 0.5) is 8.78 Å². The number of benzene rings is 1. The lowest BCUT2D eigenvalue weighted by atomic mass is 10.1. The second kappa shape index (κ2) is 8.32. The third kappa shape index (κ3) is 5.68. The molecule has 0 saturated carbocycles. The van der Waals surface area contributed by atoms with E-state index >= 15 is 0 Å². The van der Waals surface area contributed by atoms with Crippen molar-refractivity contribution in [2.24, 2.45) is 0 Å². The van der Waals surface area contributed by atoms with Crippen molar-refractivity contribution in [1.29, 1.82) is 0 Å². The van der Waals surface area contributed by atoms with Gasteiger partial charge in [-0.25, -0.2) is 4.98 Å². The van der Waals surface area contributed by atoms with Crippen LogP contribution >= 0.6 is 11.8 Å². The van der Waals surface area contributed by atoms with Crippen LogP contribution in [0.1, 0.15) is 5.56 Å². The smallest absolute Gasteiger partial charge is 0.387 e. The quantitative estimate of drug-likeness (QED) is 0.723. The van der Waals surface area contributed by atoms with Crippen LogP contribution in [0.2, 0.25) is 0 Å². The molecule has 0 saturated heterocycles. The molecule has 0 radical (unpaired) electrons. The third-order valence-corrected chi connectivity index (χ3v) is 3.49. The van der Waals surface area contributed by atoms with Crippen molar-refractivity contribution < 1.29 is 18.3 Å². The average Bonchev–Trinajstić information content (AvgIpc) is 3.00. The van der Waals surface area contributed by atoms with Crippen LogP contribution in [0.15, 0.2) is 35.7 Å². The van der Waals surface area contributed by atoms with Crippen LogP contribution < -0.4 is 10.1 Å². The minimum absolute atomic E-state index is 0.112. The Labute approximate surface area is 129 Å². The molecule has 0 aliphatic rings. The van der Waals surface area contributed by atoms with E-state index in [1.165, 1.54) is 30.2 Å². The second-order valence-electron chi connectivity index (χ2n) is 4.20. The number of amides is 1. The van der Waals surface area contributed by atoms with Gasteiger partial charge in [0.25, 0.3) is 0 Å². The van der Waals surface area contributed by atoms with Crippen molar-refractivity contribution in [2.75, 3.05) is 12.3 Å². The maximum absolute atomic E-state index is 12.0. The van der Waals surface area contributed by atoms with Gasteiger partial charge in [-0.05, 0) is 24.1 Å². The van der Waals surface area contributed by atoms with Crippen LogP contribution in [-0.2, 0) is 11.2 Å². The van der Waals surface area contributed by atoms with Crippen molar-refractivity contribution >= 4 is 17.7 Å². The molecular formula is C13H14F2N4O2S. The highest BCUT2D eigenvalue weighted by Crippen LogP contribution is 2.15. The fourth-order valence-corrected chi connectivity index (χ4v) is 2.24. The lowest BCUT2D eigenvalue weighted by Crippen LogP contribution is -2.27. The van der Waals surface area contributed by atoms with Gasteiger partial charge in [-0.15, -0.1) is 0 Å². The molecule has 0 fully saturated rings. The molecule has 1 aromatic heterocycles. The molecule has 2 N–H and O–H groups in total. The van der Waals surface area contributed by atoms with Crippen molar-refractivity contribution in [2.45, 2.75) is 18.2 Å². The van der Waals surface area contributed by atoms with E-state index in [4.69, 9.17) is 0 Å². The van der Waals surface area contributed by atoms with Crippen LogP contribution in [0.5, 0.6) is 5.75 Å². The summed E-state index contributed by atoms with van der Waals surface area (Å²) >= 11 is 1.26. The van der Waals surface area contributed by atoms with Crippen LogP contribution in [0, 0.1) is 0 Å². The largest absolute Gasteiger partial charge is 0.435 e. The number of ether oxygens (including phenoxy) is 1. The summed E-state index contributed by atoms with van der Waals surface area (Å²) in [7, 11) is 0. The Morgan fingerprint density at radius 3 is 2.77 bits per heavy atom. The highest BCUT2D eigenvalue weighted by Gasteiger charge is 2.05. The monoisotopic (exact) mass is 328 g/mol. The summed E-state index contributed by atoms with van der Waals surface area (Å²) in [6.45, 7) is -2.36. The van der Waals surface area contributed by atoms with E-state index in [1.54, 1.807) is 12.1 Å². The van der Waals surface area contributed by atoms with Crippen LogP contribution in [-0.4, -0.2) is 40.0 Å². The molecule has 0 atom stereocenters. The molecule has 0 aliphatic carbocycles. The number of thioether (sulfide) groups is 1. The van der Waals surface area contributed by atoms with E-state index in [-0.39, 0.29) is 17.4 Å². The van der Waals surface area contributed by atoms with E-state index in [2.05, 4.69) is 25.2 Å². The number of hydrogen-bond donors (Lipinski definition) is 2. The van der Waals surface area contributed by atoms with Crippen LogP contribution in [0.3, 0.4) is 0 Å². The zero-order valence-corrected chi connectivity index (χ0v) is 12.3. The number of aromatic nitrogens is 3. The first-order valence-corrected chi connectivity index (χ1v) is 7.40. The molecule has 0 unspecified atom stereocenters. The number of carbonyl (C=O) groups is 1. The van der Waals surface area contributed by atoms with E-state index in [9.17, 15) is 13.6 Å². The number of nitrogens with zero attached hydrogens (tertiary/aromatic N) is 2. The summed E-state index contributed by atoms with van der Waals surface area (Å²) in [6, 6.07) is 6.33. The summed E-state index contributed by atoms with van der Waals surface area (Å²) in [5.74, 6) is 0.251. The Balaban J connectivity index is 1.66. The van der Waals surface area contributed by atoms with Crippen molar-refractivity contribution in [3.8, 4) is 5.75 Å². The van der Waals surface area contributed by atoms with E-state index in [1.807, 2.05) is 0 Å².